The van der Waals surface area contributed by atoms with Crippen molar-refractivity contribution in [2.24, 2.45) is 0 Å². The van der Waals surface area contributed by atoms with Crippen molar-refractivity contribution in [2.45, 2.75) is 38.5 Å². The van der Waals surface area contributed by atoms with Gasteiger partial charge in [-0.05, 0) is 44.4 Å². The minimum absolute atomic E-state index is 0.0361. The molecule has 0 heterocycles. The molecule has 0 aromatic heterocycles. The highest BCUT2D eigenvalue weighted by Crippen LogP contribution is 2.43. The highest BCUT2D eigenvalue weighted by molar-refractivity contribution is 5.94. The minimum Gasteiger partial charge on any atom is -0.351 e. The second kappa shape index (κ2) is 5.96. The number of benzene rings is 2. The molecule has 0 radical (unpaired) electrons. The van der Waals surface area contributed by atoms with Gasteiger partial charge in [0, 0.05) is 17.5 Å². The van der Waals surface area contributed by atoms with Crippen molar-refractivity contribution < 1.29 is 4.79 Å². The zero-order valence-corrected chi connectivity index (χ0v) is 13.4. The molecule has 1 saturated carbocycles. The van der Waals surface area contributed by atoms with E-state index in [0.717, 1.165) is 36.1 Å². The third-order valence-electron chi connectivity index (χ3n) is 4.77. The molecule has 2 nitrogen and oxygen atoms in total. The fourth-order valence-electron chi connectivity index (χ4n) is 3.42. The second-order valence-corrected chi connectivity index (χ2v) is 6.56. The number of nitrogens with one attached hydrogen (secondary N) is 1. The van der Waals surface area contributed by atoms with Crippen LogP contribution in [0.3, 0.4) is 0 Å². The summed E-state index contributed by atoms with van der Waals surface area (Å²) in [6.07, 6.45) is 3.56. The van der Waals surface area contributed by atoms with Gasteiger partial charge in [0.1, 0.15) is 0 Å². The summed E-state index contributed by atoms with van der Waals surface area (Å²) >= 11 is 0. The van der Waals surface area contributed by atoms with E-state index in [1.165, 1.54) is 12.0 Å². The van der Waals surface area contributed by atoms with E-state index in [1.807, 2.05) is 32.0 Å². The van der Waals surface area contributed by atoms with Gasteiger partial charge in [-0.1, -0.05) is 53.9 Å². The van der Waals surface area contributed by atoms with Crippen LogP contribution in [-0.2, 0) is 5.41 Å². The summed E-state index contributed by atoms with van der Waals surface area (Å²) in [6, 6.07) is 16.6. The first-order valence-electron chi connectivity index (χ1n) is 8.01. The van der Waals surface area contributed by atoms with Gasteiger partial charge in [0.05, 0.1) is 0 Å². The highest BCUT2D eigenvalue weighted by Gasteiger charge is 2.38. The monoisotopic (exact) mass is 293 g/mol. The van der Waals surface area contributed by atoms with Gasteiger partial charge < -0.3 is 5.32 Å². The first-order chi connectivity index (χ1) is 10.6. The van der Waals surface area contributed by atoms with E-state index in [2.05, 4.69) is 35.6 Å². The average Bonchev–Trinajstić information content (AvgIpc) is 2.46. The first-order valence-corrected chi connectivity index (χ1v) is 8.01. The Hall–Kier alpha value is -2.09. The third-order valence-corrected chi connectivity index (χ3v) is 4.77. The van der Waals surface area contributed by atoms with E-state index in [4.69, 9.17) is 0 Å². The Morgan fingerprint density at radius 2 is 1.68 bits per heavy atom. The SMILES string of the molecule is Cc1cc(C)cc(C(=O)NCC2(c3ccccc3)CCC2)c1. The Morgan fingerprint density at radius 3 is 2.23 bits per heavy atom. The number of hydrogen-bond donors (Lipinski definition) is 1. The lowest BCUT2D eigenvalue weighted by molar-refractivity contribution is 0.0927. The maximum atomic E-state index is 12.5. The molecule has 22 heavy (non-hydrogen) atoms. The number of amides is 1. The molecule has 2 heteroatoms. The molecular formula is C20H23NO. The molecule has 0 atom stereocenters. The quantitative estimate of drug-likeness (QED) is 0.901. The molecule has 1 aliphatic rings. The number of aryl methyl sites for hydroxylation is 2. The van der Waals surface area contributed by atoms with Gasteiger partial charge in [-0.25, -0.2) is 0 Å². The third kappa shape index (κ3) is 2.92. The molecule has 114 valence electrons. The normalized spacial score (nSPS) is 15.9. The molecule has 0 bridgehead atoms. The predicted molar refractivity (Wildman–Crippen MR) is 90.2 cm³/mol. The molecule has 0 unspecified atom stereocenters. The number of carbonyl (C=O) groups is 1. The summed E-state index contributed by atoms with van der Waals surface area (Å²) < 4.78 is 0. The molecule has 3 rings (SSSR count). The van der Waals surface area contributed by atoms with Crippen LogP contribution in [0.5, 0.6) is 0 Å². The standard InChI is InChI=1S/C20H23NO/c1-15-11-16(2)13-17(12-15)19(22)21-14-20(9-6-10-20)18-7-4-3-5-8-18/h3-5,7-8,11-13H,6,9-10,14H2,1-2H3,(H,21,22). The molecule has 0 aliphatic heterocycles. The topological polar surface area (TPSA) is 29.1 Å². The van der Waals surface area contributed by atoms with Crippen LogP contribution < -0.4 is 5.32 Å². The van der Waals surface area contributed by atoms with Gasteiger partial charge in [0.15, 0.2) is 0 Å². The van der Waals surface area contributed by atoms with Crippen LogP contribution in [0, 0.1) is 13.8 Å². The summed E-state index contributed by atoms with van der Waals surface area (Å²) in [5.74, 6) is 0.0361. The summed E-state index contributed by atoms with van der Waals surface area (Å²) in [6.45, 7) is 4.78. The average molecular weight is 293 g/mol. The molecule has 2 aromatic carbocycles. The molecule has 0 saturated heterocycles. The van der Waals surface area contributed by atoms with E-state index in [1.54, 1.807) is 0 Å². The maximum absolute atomic E-state index is 12.5. The molecular weight excluding hydrogens is 270 g/mol. The highest BCUT2D eigenvalue weighted by atomic mass is 16.1. The Morgan fingerprint density at radius 1 is 1.05 bits per heavy atom. The number of hydrogen-bond acceptors (Lipinski definition) is 1. The Bertz CT molecular complexity index is 651. The Balaban J connectivity index is 1.72. The number of carbonyl (C=O) groups excluding carboxylic acids is 1. The fraction of sp³-hybridized carbons (Fsp3) is 0.350. The van der Waals surface area contributed by atoms with Crippen molar-refractivity contribution in [3.05, 3.63) is 70.8 Å². The molecule has 1 amide bonds. The van der Waals surface area contributed by atoms with Gasteiger partial charge in [0.2, 0.25) is 0 Å². The minimum atomic E-state index is 0.0361. The summed E-state index contributed by atoms with van der Waals surface area (Å²) in [7, 11) is 0. The van der Waals surface area contributed by atoms with E-state index in [0.29, 0.717) is 0 Å². The van der Waals surface area contributed by atoms with E-state index >= 15 is 0 Å². The van der Waals surface area contributed by atoms with Crippen molar-refractivity contribution in [3.8, 4) is 0 Å². The van der Waals surface area contributed by atoms with Crippen LogP contribution in [0.15, 0.2) is 48.5 Å². The summed E-state index contributed by atoms with van der Waals surface area (Å²) in [5, 5.41) is 3.16. The smallest absolute Gasteiger partial charge is 0.251 e. The van der Waals surface area contributed by atoms with Crippen LogP contribution in [0.1, 0.15) is 46.3 Å². The molecule has 1 aliphatic carbocycles. The molecule has 1 N–H and O–H groups in total. The van der Waals surface area contributed by atoms with Crippen LogP contribution >= 0.6 is 0 Å². The zero-order chi connectivity index (χ0) is 15.6. The van der Waals surface area contributed by atoms with Crippen LogP contribution in [0.2, 0.25) is 0 Å². The maximum Gasteiger partial charge on any atom is 0.251 e. The lowest BCUT2D eigenvalue weighted by Crippen LogP contribution is -2.45. The van der Waals surface area contributed by atoms with Crippen LogP contribution in [0.25, 0.3) is 0 Å². The van der Waals surface area contributed by atoms with E-state index in [9.17, 15) is 4.79 Å². The van der Waals surface area contributed by atoms with Gasteiger partial charge in [-0.15, -0.1) is 0 Å². The first kappa shape index (κ1) is 14.8. The van der Waals surface area contributed by atoms with Crippen molar-refractivity contribution in [2.75, 3.05) is 6.54 Å². The second-order valence-electron chi connectivity index (χ2n) is 6.56. The fourth-order valence-corrected chi connectivity index (χ4v) is 3.42. The summed E-state index contributed by atoms with van der Waals surface area (Å²) in [4.78, 5) is 12.5. The molecule has 1 fully saturated rings. The van der Waals surface area contributed by atoms with Gasteiger partial charge in [-0.3, -0.25) is 4.79 Å². The van der Waals surface area contributed by atoms with Gasteiger partial charge in [0.25, 0.3) is 5.91 Å². The summed E-state index contributed by atoms with van der Waals surface area (Å²) in [5.41, 5.74) is 4.51. The van der Waals surface area contributed by atoms with Gasteiger partial charge in [-0.2, -0.15) is 0 Å². The molecule has 0 spiro atoms. The number of rotatable bonds is 4. The van der Waals surface area contributed by atoms with E-state index in [-0.39, 0.29) is 11.3 Å². The van der Waals surface area contributed by atoms with Crippen LogP contribution in [0.4, 0.5) is 0 Å². The lowest BCUT2D eigenvalue weighted by Gasteiger charge is -2.42. The largest absolute Gasteiger partial charge is 0.351 e. The van der Waals surface area contributed by atoms with Crippen molar-refractivity contribution in [1.82, 2.24) is 5.32 Å². The molecule has 2 aromatic rings. The Kier molecular flexibility index (Phi) is 4.02. The van der Waals surface area contributed by atoms with Gasteiger partial charge >= 0.3 is 0 Å². The van der Waals surface area contributed by atoms with Crippen molar-refractivity contribution >= 4 is 5.91 Å². The van der Waals surface area contributed by atoms with E-state index < -0.39 is 0 Å². The van der Waals surface area contributed by atoms with Crippen molar-refractivity contribution in [3.63, 3.8) is 0 Å². The van der Waals surface area contributed by atoms with Crippen molar-refractivity contribution in [1.29, 1.82) is 0 Å². The lowest BCUT2D eigenvalue weighted by atomic mass is 9.64. The Labute approximate surface area is 132 Å². The predicted octanol–water partition coefficient (Wildman–Crippen LogP) is 4.16. The zero-order valence-electron chi connectivity index (χ0n) is 13.4. The van der Waals surface area contributed by atoms with Crippen LogP contribution in [-0.4, -0.2) is 12.5 Å².